The second kappa shape index (κ2) is 14.2. The van der Waals surface area contributed by atoms with Crippen molar-refractivity contribution in [2.45, 2.75) is 99.8 Å². The molecule has 2 aliphatic rings. The fourth-order valence-electron chi connectivity index (χ4n) is 4.39. The highest BCUT2D eigenvalue weighted by Crippen LogP contribution is 2.43. The number of hydrogen-bond acceptors (Lipinski definition) is 3. The molecule has 1 amide bonds. The molecule has 0 spiro atoms. The van der Waals surface area contributed by atoms with E-state index in [4.69, 9.17) is 0 Å². The van der Waals surface area contributed by atoms with Crippen molar-refractivity contribution in [1.29, 1.82) is 0 Å². The number of carbonyl (C=O) groups is 2. The molecule has 1 N–H and O–H groups in total. The fourth-order valence-corrected chi connectivity index (χ4v) is 4.39. The Bertz CT molecular complexity index is 754. The van der Waals surface area contributed by atoms with E-state index in [1.807, 2.05) is 12.2 Å². The Kier molecular flexibility index (Phi) is 12.5. The van der Waals surface area contributed by atoms with Crippen LogP contribution in [0.5, 0.6) is 0 Å². The molecule has 0 radical (unpaired) electrons. The third-order valence-electron chi connectivity index (χ3n) is 7.29. The summed E-state index contributed by atoms with van der Waals surface area (Å²) in [6.45, 7) is 19.4. The van der Waals surface area contributed by atoms with Crippen molar-refractivity contribution in [2.24, 2.45) is 17.3 Å². The fraction of sp³-hybridized carbons (Fsp3) is 0.655. The van der Waals surface area contributed by atoms with Crippen LogP contribution in [0.15, 0.2) is 48.0 Å². The predicted octanol–water partition coefficient (Wildman–Crippen LogP) is 7.30. The average molecular weight is 457 g/mol. The van der Waals surface area contributed by atoms with E-state index in [0.29, 0.717) is 40.8 Å². The van der Waals surface area contributed by atoms with Crippen LogP contribution >= 0.6 is 0 Å². The number of hydrogen-bond donors (Lipinski definition) is 1. The number of carbonyl (C=O) groups excluding carboxylic acids is 2. The zero-order chi connectivity index (χ0) is 25.0. The summed E-state index contributed by atoms with van der Waals surface area (Å²) < 4.78 is 0. The van der Waals surface area contributed by atoms with Crippen LogP contribution in [0.2, 0.25) is 0 Å². The van der Waals surface area contributed by atoms with Crippen molar-refractivity contribution in [1.82, 2.24) is 10.2 Å². The van der Waals surface area contributed by atoms with E-state index in [-0.39, 0.29) is 11.7 Å². The van der Waals surface area contributed by atoms with E-state index < -0.39 is 0 Å². The number of Topliss-reactive ketones (excluding diaryl/α,β-unsaturated/α-hetero) is 1. The topological polar surface area (TPSA) is 49.4 Å². The Balaban J connectivity index is 0.000000675. The molecule has 2 atom stereocenters. The molecule has 0 aromatic carbocycles. The van der Waals surface area contributed by atoms with Gasteiger partial charge in [-0.05, 0) is 56.1 Å². The van der Waals surface area contributed by atoms with E-state index in [9.17, 15) is 9.59 Å². The van der Waals surface area contributed by atoms with E-state index in [1.165, 1.54) is 51.9 Å². The maximum absolute atomic E-state index is 12.8. The van der Waals surface area contributed by atoms with Crippen molar-refractivity contribution in [3.8, 4) is 0 Å². The van der Waals surface area contributed by atoms with Gasteiger partial charge in [-0.25, -0.2) is 0 Å². The second-order valence-corrected chi connectivity index (χ2v) is 10.3. The van der Waals surface area contributed by atoms with Crippen LogP contribution in [0.1, 0.15) is 99.8 Å². The molecule has 2 unspecified atom stereocenters. The lowest BCUT2D eigenvalue weighted by atomic mass is 9.64. The molecular formula is C29H48N2O2. The summed E-state index contributed by atoms with van der Waals surface area (Å²) in [5.74, 6) is 0.917. The SMILES string of the molecule is C=C1C=CC=C(C(=O)NCC2CCCC(C)(C)C2C)N1/C=C(\C)C(C)=O.CCCCCCC. The molecule has 4 nitrogen and oxygen atoms in total. The number of unbranched alkanes of at least 4 members (excludes halogenated alkanes) is 4. The Labute approximate surface area is 203 Å². The minimum atomic E-state index is -0.126. The first-order valence-corrected chi connectivity index (χ1v) is 12.9. The van der Waals surface area contributed by atoms with Crippen molar-refractivity contribution in [3.05, 3.63) is 48.0 Å². The first kappa shape index (κ1) is 28.9. The van der Waals surface area contributed by atoms with Crippen LogP contribution in [-0.4, -0.2) is 23.1 Å². The van der Waals surface area contributed by atoms with Gasteiger partial charge in [-0.1, -0.05) is 85.8 Å². The molecule has 33 heavy (non-hydrogen) atoms. The van der Waals surface area contributed by atoms with Gasteiger partial charge in [0.25, 0.3) is 5.91 Å². The van der Waals surface area contributed by atoms with Crippen molar-refractivity contribution in [2.75, 3.05) is 6.54 Å². The third-order valence-corrected chi connectivity index (χ3v) is 7.29. The van der Waals surface area contributed by atoms with E-state index in [2.05, 4.69) is 46.5 Å². The Hall–Kier alpha value is -2.10. The lowest BCUT2D eigenvalue weighted by Gasteiger charge is -2.42. The summed E-state index contributed by atoms with van der Waals surface area (Å²) >= 11 is 0. The highest BCUT2D eigenvalue weighted by atomic mass is 16.2. The molecule has 1 fully saturated rings. The van der Waals surface area contributed by atoms with Gasteiger partial charge in [0.05, 0.1) is 0 Å². The highest BCUT2D eigenvalue weighted by molar-refractivity contribution is 5.95. The van der Waals surface area contributed by atoms with Crippen LogP contribution in [0.3, 0.4) is 0 Å². The summed E-state index contributed by atoms with van der Waals surface area (Å²) in [6.07, 6.45) is 17.7. The highest BCUT2D eigenvalue weighted by Gasteiger charge is 2.35. The zero-order valence-electron chi connectivity index (χ0n) is 22.3. The minimum Gasteiger partial charge on any atom is -0.350 e. The van der Waals surface area contributed by atoms with Gasteiger partial charge in [0.1, 0.15) is 5.70 Å². The molecule has 0 aromatic heterocycles. The first-order valence-electron chi connectivity index (χ1n) is 12.9. The summed E-state index contributed by atoms with van der Waals surface area (Å²) in [5, 5.41) is 3.11. The molecule has 1 aliphatic carbocycles. The summed E-state index contributed by atoms with van der Waals surface area (Å²) in [6, 6.07) is 0. The monoisotopic (exact) mass is 456 g/mol. The van der Waals surface area contributed by atoms with Gasteiger partial charge < -0.3 is 10.2 Å². The molecule has 0 bridgehead atoms. The molecule has 1 heterocycles. The van der Waals surface area contributed by atoms with Crippen molar-refractivity contribution < 1.29 is 9.59 Å². The van der Waals surface area contributed by atoms with Crippen LogP contribution in [-0.2, 0) is 9.59 Å². The normalized spacial score (nSPS) is 22.3. The number of amides is 1. The zero-order valence-corrected chi connectivity index (χ0v) is 22.3. The number of ketones is 1. The van der Waals surface area contributed by atoms with Gasteiger partial charge in [0.2, 0.25) is 0 Å². The maximum atomic E-state index is 12.8. The quantitative estimate of drug-likeness (QED) is 0.292. The molecule has 1 aliphatic heterocycles. The van der Waals surface area contributed by atoms with Gasteiger partial charge in [-0.2, -0.15) is 0 Å². The predicted molar refractivity (Wildman–Crippen MR) is 140 cm³/mol. The van der Waals surface area contributed by atoms with Gasteiger partial charge in [-0.15, -0.1) is 0 Å². The molecule has 0 aromatic rings. The van der Waals surface area contributed by atoms with Crippen molar-refractivity contribution >= 4 is 11.7 Å². The van der Waals surface area contributed by atoms with Crippen molar-refractivity contribution in [3.63, 3.8) is 0 Å². The summed E-state index contributed by atoms with van der Waals surface area (Å²) in [4.78, 5) is 26.1. The first-order chi connectivity index (χ1) is 15.5. The third kappa shape index (κ3) is 9.35. The smallest absolute Gasteiger partial charge is 0.268 e. The van der Waals surface area contributed by atoms with Gasteiger partial charge >= 0.3 is 0 Å². The minimum absolute atomic E-state index is 0.0228. The molecular weight excluding hydrogens is 408 g/mol. The van der Waals surface area contributed by atoms with Crippen LogP contribution in [0.25, 0.3) is 0 Å². The van der Waals surface area contributed by atoms with Gasteiger partial charge in [0.15, 0.2) is 5.78 Å². The summed E-state index contributed by atoms with van der Waals surface area (Å²) in [5.41, 5.74) is 2.08. The number of allylic oxidation sites excluding steroid dienone is 4. The van der Waals surface area contributed by atoms with E-state index in [1.54, 1.807) is 24.1 Å². The largest absolute Gasteiger partial charge is 0.350 e. The number of nitrogens with zero attached hydrogens (tertiary/aromatic N) is 1. The molecule has 4 heteroatoms. The number of rotatable bonds is 9. The molecule has 186 valence electrons. The second-order valence-electron chi connectivity index (χ2n) is 10.3. The van der Waals surface area contributed by atoms with Gasteiger partial charge in [0, 0.05) is 24.0 Å². The Morgan fingerprint density at radius 3 is 2.39 bits per heavy atom. The lowest BCUT2D eigenvalue weighted by Crippen LogP contribution is -2.41. The Morgan fingerprint density at radius 1 is 1.18 bits per heavy atom. The lowest BCUT2D eigenvalue weighted by molar-refractivity contribution is -0.119. The summed E-state index contributed by atoms with van der Waals surface area (Å²) in [7, 11) is 0. The maximum Gasteiger partial charge on any atom is 0.268 e. The van der Waals surface area contributed by atoms with E-state index >= 15 is 0 Å². The van der Waals surface area contributed by atoms with Gasteiger partial charge in [-0.3, -0.25) is 9.59 Å². The van der Waals surface area contributed by atoms with Crippen LogP contribution < -0.4 is 5.32 Å². The Morgan fingerprint density at radius 2 is 1.82 bits per heavy atom. The molecule has 0 saturated heterocycles. The average Bonchev–Trinajstić information content (AvgIpc) is 2.76. The van der Waals surface area contributed by atoms with Crippen LogP contribution in [0, 0.1) is 17.3 Å². The molecule has 2 rings (SSSR count). The molecule has 1 saturated carbocycles. The van der Waals surface area contributed by atoms with E-state index in [0.717, 1.165) is 6.42 Å². The van der Waals surface area contributed by atoms with Crippen LogP contribution in [0.4, 0.5) is 0 Å². The number of nitrogens with one attached hydrogen (secondary N) is 1. The standard InChI is InChI=1S/C22H32N2O2.C7H16/c1-15(18(4)25)14-24-16(2)9-7-11-20(24)21(26)23-13-19-10-8-12-22(5,6)17(19)3;1-3-5-7-6-4-2/h7,9,11,14,17,19H,2,8,10,12-13H2,1,3-6H3,(H,23,26);3-7H2,1-2H3/b15-14+;.